The molecule has 1 aliphatic rings. The van der Waals surface area contributed by atoms with E-state index in [2.05, 4.69) is 30.1 Å². The summed E-state index contributed by atoms with van der Waals surface area (Å²) in [7, 11) is 0. The van der Waals surface area contributed by atoms with Gasteiger partial charge in [0.25, 0.3) is 0 Å². The smallest absolute Gasteiger partial charge is 0.234 e. The Morgan fingerprint density at radius 1 is 1.39 bits per heavy atom. The van der Waals surface area contributed by atoms with E-state index in [0.29, 0.717) is 13.1 Å². The number of nitrogens with one attached hydrogen (secondary N) is 1. The van der Waals surface area contributed by atoms with Crippen molar-refractivity contribution in [2.45, 2.75) is 38.6 Å². The van der Waals surface area contributed by atoms with Gasteiger partial charge in [0.2, 0.25) is 5.91 Å². The highest BCUT2D eigenvalue weighted by Gasteiger charge is 2.15. The fraction of sp³-hybridized carbons (Fsp3) is 0.526. The Morgan fingerprint density at radius 2 is 2.13 bits per heavy atom. The molecule has 0 aliphatic heterocycles. The molecule has 1 unspecified atom stereocenters. The van der Waals surface area contributed by atoms with Gasteiger partial charge in [-0.05, 0) is 49.3 Å². The summed E-state index contributed by atoms with van der Waals surface area (Å²) in [5, 5.41) is 12.1. The van der Waals surface area contributed by atoms with Gasteiger partial charge >= 0.3 is 0 Å². The summed E-state index contributed by atoms with van der Waals surface area (Å²) in [5.41, 5.74) is 4.05. The van der Waals surface area contributed by atoms with E-state index in [0.717, 1.165) is 12.0 Å². The number of carbonyl (C=O) groups excluding carboxylic acids is 1. The number of aliphatic hydroxyl groups excluding tert-OH is 1. The lowest BCUT2D eigenvalue weighted by Gasteiger charge is -2.22. The highest BCUT2D eigenvalue weighted by Crippen LogP contribution is 2.24. The number of hydrogen-bond donors (Lipinski definition) is 2. The predicted octanol–water partition coefficient (Wildman–Crippen LogP) is 2.22. The van der Waals surface area contributed by atoms with Crippen molar-refractivity contribution in [2.24, 2.45) is 0 Å². The quantitative estimate of drug-likeness (QED) is 0.723. The zero-order valence-electron chi connectivity index (χ0n) is 14.1. The lowest BCUT2D eigenvalue weighted by atomic mass is 9.89. The molecular weight excluding hydrogens is 288 g/mol. The molecule has 4 nitrogen and oxygen atoms in total. The molecule has 1 amide bonds. The molecule has 0 bridgehead atoms. The number of fused-ring (bicyclic) bond motifs is 1. The fourth-order valence-corrected chi connectivity index (χ4v) is 3.16. The Kier molecular flexibility index (Phi) is 6.81. The first-order valence-electron chi connectivity index (χ1n) is 8.49. The van der Waals surface area contributed by atoms with Crippen LogP contribution in [-0.2, 0) is 17.6 Å². The average molecular weight is 316 g/mol. The van der Waals surface area contributed by atoms with Crippen LogP contribution in [0.1, 0.15) is 42.5 Å². The van der Waals surface area contributed by atoms with Crippen LogP contribution in [0.2, 0.25) is 0 Å². The minimum Gasteiger partial charge on any atom is -0.395 e. The van der Waals surface area contributed by atoms with Gasteiger partial charge < -0.3 is 10.4 Å². The van der Waals surface area contributed by atoms with Gasteiger partial charge in [-0.15, -0.1) is 6.58 Å². The van der Waals surface area contributed by atoms with Crippen LogP contribution in [0.15, 0.2) is 30.9 Å². The zero-order valence-corrected chi connectivity index (χ0v) is 14.1. The van der Waals surface area contributed by atoms with Gasteiger partial charge in [0.05, 0.1) is 19.2 Å². The third kappa shape index (κ3) is 5.19. The van der Waals surface area contributed by atoms with Gasteiger partial charge in [-0.25, -0.2) is 0 Å². The molecule has 1 atom stereocenters. The fourth-order valence-electron chi connectivity index (χ4n) is 3.16. The molecule has 0 fully saturated rings. The highest BCUT2D eigenvalue weighted by molar-refractivity contribution is 5.78. The second kappa shape index (κ2) is 8.85. The summed E-state index contributed by atoms with van der Waals surface area (Å²) in [5.74, 6) is -0.0227. The van der Waals surface area contributed by atoms with Crippen LogP contribution >= 0.6 is 0 Å². The highest BCUT2D eigenvalue weighted by atomic mass is 16.3. The van der Waals surface area contributed by atoms with E-state index in [1.165, 1.54) is 30.4 Å². The van der Waals surface area contributed by atoms with E-state index in [1.54, 1.807) is 6.08 Å². The second-order valence-electron chi connectivity index (χ2n) is 6.27. The number of aryl methyl sites for hydroxylation is 2. The van der Waals surface area contributed by atoms with Gasteiger partial charge in [0.15, 0.2) is 0 Å². The molecule has 1 aliphatic carbocycles. The van der Waals surface area contributed by atoms with Crippen molar-refractivity contribution in [1.29, 1.82) is 0 Å². The van der Waals surface area contributed by atoms with Crippen LogP contribution in [0, 0.1) is 0 Å². The molecule has 0 radical (unpaired) electrons. The molecule has 126 valence electrons. The molecule has 4 heteroatoms. The van der Waals surface area contributed by atoms with E-state index in [-0.39, 0.29) is 25.1 Å². The van der Waals surface area contributed by atoms with Crippen molar-refractivity contribution < 1.29 is 9.90 Å². The number of aliphatic hydroxyl groups is 1. The number of benzene rings is 1. The van der Waals surface area contributed by atoms with Crippen molar-refractivity contribution in [2.75, 3.05) is 26.2 Å². The number of nitrogens with zero attached hydrogens (tertiary/aromatic N) is 1. The molecule has 2 N–H and O–H groups in total. The number of amides is 1. The first kappa shape index (κ1) is 17.7. The Bertz CT molecular complexity index is 542. The van der Waals surface area contributed by atoms with Gasteiger partial charge in [-0.3, -0.25) is 9.69 Å². The molecule has 0 saturated carbocycles. The maximum atomic E-state index is 12.2. The van der Waals surface area contributed by atoms with Crippen LogP contribution in [0.3, 0.4) is 0 Å². The normalized spacial score (nSPS) is 15.1. The van der Waals surface area contributed by atoms with E-state index in [9.17, 15) is 4.79 Å². The molecule has 0 aromatic heterocycles. The standard InChI is InChI=1S/C19H28N2O2/c1-3-10-21(11-12-22)14-19(23)20-15(2)17-9-8-16-6-4-5-7-18(16)13-17/h3,8-9,13,15,22H,1,4-7,10-12,14H2,2H3,(H,20,23). The third-order valence-electron chi connectivity index (χ3n) is 4.42. The Labute approximate surface area is 139 Å². The molecule has 0 saturated heterocycles. The zero-order chi connectivity index (χ0) is 16.7. The third-order valence-corrected chi connectivity index (χ3v) is 4.42. The summed E-state index contributed by atoms with van der Waals surface area (Å²) in [4.78, 5) is 14.1. The maximum absolute atomic E-state index is 12.2. The number of carbonyl (C=O) groups is 1. The SMILES string of the molecule is C=CCN(CCO)CC(=O)NC(C)c1ccc2c(c1)CCCC2. The van der Waals surface area contributed by atoms with Crippen molar-refractivity contribution >= 4 is 5.91 Å². The topological polar surface area (TPSA) is 52.6 Å². The van der Waals surface area contributed by atoms with Gasteiger partial charge in [0.1, 0.15) is 0 Å². The Hall–Kier alpha value is -1.65. The van der Waals surface area contributed by atoms with Crippen LogP contribution in [-0.4, -0.2) is 42.2 Å². The van der Waals surface area contributed by atoms with Gasteiger partial charge in [-0.2, -0.15) is 0 Å². The molecule has 23 heavy (non-hydrogen) atoms. The van der Waals surface area contributed by atoms with Crippen LogP contribution < -0.4 is 5.32 Å². The monoisotopic (exact) mass is 316 g/mol. The molecule has 1 aromatic carbocycles. The summed E-state index contributed by atoms with van der Waals surface area (Å²) in [6, 6.07) is 6.58. The molecule has 0 heterocycles. The van der Waals surface area contributed by atoms with E-state index < -0.39 is 0 Å². The summed E-state index contributed by atoms with van der Waals surface area (Å²) in [6.45, 7) is 7.10. The predicted molar refractivity (Wildman–Crippen MR) is 93.4 cm³/mol. The second-order valence-corrected chi connectivity index (χ2v) is 6.27. The first-order valence-corrected chi connectivity index (χ1v) is 8.49. The summed E-state index contributed by atoms with van der Waals surface area (Å²) < 4.78 is 0. The molecular formula is C19H28N2O2. The lowest BCUT2D eigenvalue weighted by Crippen LogP contribution is -2.39. The largest absolute Gasteiger partial charge is 0.395 e. The van der Waals surface area contributed by atoms with E-state index >= 15 is 0 Å². The first-order chi connectivity index (χ1) is 11.1. The summed E-state index contributed by atoms with van der Waals surface area (Å²) in [6.07, 6.45) is 6.61. The summed E-state index contributed by atoms with van der Waals surface area (Å²) >= 11 is 0. The van der Waals surface area contributed by atoms with Gasteiger partial charge in [-0.1, -0.05) is 24.3 Å². The van der Waals surface area contributed by atoms with Crippen molar-refractivity contribution in [1.82, 2.24) is 10.2 Å². The van der Waals surface area contributed by atoms with E-state index in [4.69, 9.17) is 5.11 Å². The number of hydrogen-bond acceptors (Lipinski definition) is 3. The minimum absolute atomic E-state index is 0.00515. The van der Waals surface area contributed by atoms with E-state index in [1.807, 2.05) is 11.8 Å². The van der Waals surface area contributed by atoms with Crippen molar-refractivity contribution in [3.63, 3.8) is 0 Å². The molecule has 1 aromatic rings. The average Bonchev–Trinajstić information content (AvgIpc) is 2.54. The molecule has 0 spiro atoms. The Balaban J connectivity index is 1.93. The molecule has 2 rings (SSSR count). The minimum atomic E-state index is -0.0227. The number of rotatable bonds is 8. The lowest BCUT2D eigenvalue weighted by molar-refractivity contribution is -0.122. The van der Waals surface area contributed by atoms with Crippen LogP contribution in [0.4, 0.5) is 0 Å². The Morgan fingerprint density at radius 3 is 2.83 bits per heavy atom. The van der Waals surface area contributed by atoms with Crippen LogP contribution in [0.25, 0.3) is 0 Å². The van der Waals surface area contributed by atoms with Crippen molar-refractivity contribution in [3.8, 4) is 0 Å². The van der Waals surface area contributed by atoms with Crippen molar-refractivity contribution in [3.05, 3.63) is 47.5 Å². The van der Waals surface area contributed by atoms with Gasteiger partial charge in [0, 0.05) is 13.1 Å². The maximum Gasteiger partial charge on any atom is 0.234 e. The van der Waals surface area contributed by atoms with Crippen LogP contribution in [0.5, 0.6) is 0 Å².